The first-order valence-electron chi connectivity index (χ1n) is 12.9. The van der Waals surface area contributed by atoms with E-state index < -0.39 is 10.1 Å². The summed E-state index contributed by atoms with van der Waals surface area (Å²) >= 11 is 0. The molecule has 0 radical (unpaired) electrons. The Hall–Kier alpha value is -3.48. The summed E-state index contributed by atoms with van der Waals surface area (Å²) in [5.74, 6) is -0.180. The smallest absolute Gasteiger partial charge is 0.315 e. The number of rotatable bonds is 3. The second-order valence-corrected chi connectivity index (χ2v) is 11.8. The van der Waals surface area contributed by atoms with E-state index in [0.717, 1.165) is 23.8 Å². The van der Waals surface area contributed by atoms with Crippen LogP contribution in [0.4, 0.5) is 0 Å². The lowest BCUT2D eigenvalue weighted by Gasteiger charge is -2.44. The molecule has 6 heteroatoms. The summed E-state index contributed by atoms with van der Waals surface area (Å²) in [6.45, 7) is 0. The first-order chi connectivity index (χ1) is 17.9. The third kappa shape index (κ3) is 3.54. The minimum atomic E-state index is -4.34. The number of esters is 1. The summed E-state index contributed by atoms with van der Waals surface area (Å²) in [5.41, 5.74) is 6.26. The monoisotopic (exact) mass is 510 g/mol. The van der Waals surface area contributed by atoms with Gasteiger partial charge in [-0.15, -0.1) is 0 Å². The topological polar surface area (TPSA) is 80.7 Å². The zero-order chi connectivity index (χ0) is 25.3. The first kappa shape index (κ1) is 22.7. The van der Waals surface area contributed by atoms with E-state index in [1.807, 2.05) is 12.1 Å². The van der Waals surface area contributed by atoms with Gasteiger partial charge < -0.3 is 4.74 Å². The molecule has 5 nitrogen and oxygen atoms in total. The molecular formula is C31H26O5S. The number of carbonyl (C=O) groups is 1. The molecule has 8 rings (SSSR count). The highest BCUT2D eigenvalue weighted by Gasteiger charge is 2.47. The highest BCUT2D eigenvalue weighted by Crippen LogP contribution is 2.56. The van der Waals surface area contributed by atoms with Crippen LogP contribution in [0.25, 0.3) is 10.8 Å². The maximum Gasteiger partial charge on any atom is 0.315 e. The summed E-state index contributed by atoms with van der Waals surface area (Å²) in [4.78, 5) is 13.7. The lowest BCUT2D eigenvalue weighted by Crippen LogP contribution is -2.38. The standard InChI is InChI=1S/C31H26O5S/c32-31(36-28-13-14-29(37(33,34)35)22-11-5-4-10-21(22)28)27-17-25-20-9-3-6-12-23(20)30(27)26-16-19-8-2-1-7-18(19)15-24(25)26/h1-3,6-9,12-16,25,27,30H,4-5,10-11,17H2,(H,33,34,35). The lowest BCUT2D eigenvalue weighted by molar-refractivity contribution is -0.140. The molecule has 4 aromatic rings. The van der Waals surface area contributed by atoms with Gasteiger partial charge in [0.2, 0.25) is 0 Å². The van der Waals surface area contributed by atoms with Gasteiger partial charge >= 0.3 is 5.97 Å². The van der Waals surface area contributed by atoms with Crippen molar-refractivity contribution in [1.82, 2.24) is 0 Å². The lowest BCUT2D eigenvalue weighted by atomic mass is 9.59. The summed E-state index contributed by atoms with van der Waals surface area (Å²) < 4.78 is 39.7. The molecule has 0 aliphatic heterocycles. The number of hydrogen-bond donors (Lipinski definition) is 1. The number of benzene rings is 4. The van der Waals surface area contributed by atoms with E-state index in [4.69, 9.17) is 4.74 Å². The van der Waals surface area contributed by atoms with Gasteiger partial charge in [-0.3, -0.25) is 9.35 Å². The van der Waals surface area contributed by atoms with Crippen molar-refractivity contribution in [1.29, 1.82) is 0 Å². The highest BCUT2D eigenvalue weighted by molar-refractivity contribution is 7.85. The Morgan fingerprint density at radius 2 is 1.43 bits per heavy atom. The third-order valence-corrected chi connectivity index (χ3v) is 9.44. The maximum absolute atomic E-state index is 13.8. The van der Waals surface area contributed by atoms with Gasteiger partial charge in [-0.1, -0.05) is 60.7 Å². The quantitative estimate of drug-likeness (QED) is 0.203. The molecular weight excluding hydrogens is 484 g/mol. The van der Waals surface area contributed by atoms with Gasteiger partial charge in [0.05, 0.1) is 10.8 Å². The van der Waals surface area contributed by atoms with E-state index in [0.29, 0.717) is 30.6 Å². The Labute approximate surface area is 215 Å². The van der Waals surface area contributed by atoms with E-state index in [1.165, 1.54) is 39.8 Å². The van der Waals surface area contributed by atoms with Crippen LogP contribution < -0.4 is 4.74 Å². The summed E-state index contributed by atoms with van der Waals surface area (Å²) in [5, 5.41) is 2.37. The van der Waals surface area contributed by atoms with Crippen LogP contribution in [0.1, 0.15) is 64.5 Å². The van der Waals surface area contributed by atoms with Gasteiger partial charge in [-0.25, -0.2) is 0 Å². The van der Waals surface area contributed by atoms with Crippen molar-refractivity contribution >= 4 is 26.9 Å². The third-order valence-electron chi connectivity index (χ3n) is 8.50. The molecule has 0 aromatic heterocycles. The van der Waals surface area contributed by atoms with Gasteiger partial charge in [0, 0.05) is 11.8 Å². The molecule has 4 aromatic carbocycles. The van der Waals surface area contributed by atoms with Crippen LogP contribution in [0.2, 0.25) is 0 Å². The molecule has 186 valence electrons. The number of hydrogen-bond acceptors (Lipinski definition) is 4. The van der Waals surface area contributed by atoms with E-state index >= 15 is 0 Å². The molecule has 0 saturated heterocycles. The van der Waals surface area contributed by atoms with Crippen molar-refractivity contribution < 1.29 is 22.5 Å². The van der Waals surface area contributed by atoms with Crippen LogP contribution in [0.15, 0.2) is 77.7 Å². The summed E-state index contributed by atoms with van der Waals surface area (Å²) in [6.07, 6.45) is 3.56. The van der Waals surface area contributed by atoms with Crippen molar-refractivity contribution in [2.45, 2.75) is 48.8 Å². The molecule has 0 fully saturated rings. The normalized spacial score (nSPS) is 21.7. The second kappa shape index (κ2) is 8.27. The summed E-state index contributed by atoms with van der Waals surface area (Å²) in [7, 11) is -4.34. The molecule has 0 spiro atoms. The number of fused-ring (bicyclic) bond motifs is 3. The van der Waals surface area contributed by atoms with Gasteiger partial charge in [0.25, 0.3) is 10.1 Å². The van der Waals surface area contributed by atoms with Crippen LogP contribution in [0.3, 0.4) is 0 Å². The van der Waals surface area contributed by atoms with Gasteiger partial charge in [-0.2, -0.15) is 8.42 Å². The van der Waals surface area contributed by atoms with E-state index in [-0.39, 0.29) is 28.6 Å². The molecule has 0 heterocycles. The molecule has 4 aliphatic carbocycles. The minimum Gasteiger partial charge on any atom is -0.426 e. The molecule has 0 amide bonds. The highest BCUT2D eigenvalue weighted by atomic mass is 32.2. The zero-order valence-corrected chi connectivity index (χ0v) is 21.0. The predicted molar refractivity (Wildman–Crippen MR) is 141 cm³/mol. The largest absolute Gasteiger partial charge is 0.426 e. The number of ether oxygens (including phenoxy) is 1. The Bertz CT molecular complexity index is 1700. The second-order valence-electron chi connectivity index (χ2n) is 10.5. The van der Waals surface area contributed by atoms with Crippen LogP contribution in [-0.2, 0) is 27.8 Å². The van der Waals surface area contributed by atoms with Crippen molar-refractivity contribution in [3.63, 3.8) is 0 Å². The summed E-state index contributed by atoms with van der Waals surface area (Å²) in [6, 6.07) is 24.2. The first-order valence-corrected chi connectivity index (χ1v) is 14.3. The zero-order valence-electron chi connectivity index (χ0n) is 20.2. The minimum absolute atomic E-state index is 0.0755. The van der Waals surface area contributed by atoms with Gasteiger partial charge in [0.1, 0.15) is 5.75 Å². The molecule has 3 unspecified atom stereocenters. The Kier molecular flexibility index (Phi) is 5.07. The van der Waals surface area contributed by atoms with E-state index in [2.05, 4.69) is 48.5 Å². The van der Waals surface area contributed by atoms with Crippen LogP contribution >= 0.6 is 0 Å². The Balaban J connectivity index is 1.30. The number of carbonyl (C=O) groups excluding carboxylic acids is 1. The Morgan fingerprint density at radius 1 is 0.784 bits per heavy atom. The fraction of sp³-hybridized carbons (Fsp3) is 0.258. The van der Waals surface area contributed by atoms with Crippen molar-refractivity contribution in [3.8, 4) is 5.75 Å². The fourth-order valence-corrected chi connectivity index (χ4v) is 7.70. The fourth-order valence-electron chi connectivity index (χ4n) is 6.93. The van der Waals surface area contributed by atoms with Crippen molar-refractivity contribution in [2.75, 3.05) is 0 Å². The average Bonchev–Trinajstić information content (AvgIpc) is 2.91. The molecule has 37 heavy (non-hydrogen) atoms. The van der Waals surface area contributed by atoms with Crippen molar-refractivity contribution in [3.05, 3.63) is 106 Å². The molecule has 1 N–H and O–H groups in total. The molecule has 0 saturated carbocycles. The average molecular weight is 511 g/mol. The van der Waals surface area contributed by atoms with Gasteiger partial charge in [-0.05, 0) is 88.4 Å². The van der Waals surface area contributed by atoms with Crippen molar-refractivity contribution in [2.24, 2.45) is 5.92 Å². The SMILES string of the molecule is O=C(Oc1ccc(S(=O)(=O)O)c2c1CCCC2)C1CC2c3ccccc3C1c1cc3ccccc3cc12. The van der Waals surface area contributed by atoms with Crippen LogP contribution in [0, 0.1) is 5.92 Å². The molecule has 4 aliphatic rings. The van der Waals surface area contributed by atoms with Gasteiger partial charge in [0.15, 0.2) is 0 Å². The predicted octanol–water partition coefficient (Wildman–Crippen LogP) is 6.17. The van der Waals surface area contributed by atoms with E-state index in [1.54, 1.807) is 0 Å². The van der Waals surface area contributed by atoms with E-state index in [9.17, 15) is 17.8 Å². The molecule has 3 atom stereocenters. The maximum atomic E-state index is 13.8. The molecule has 2 bridgehead atoms. The van der Waals surface area contributed by atoms with Crippen LogP contribution in [0.5, 0.6) is 5.75 Å². The van der Waals surface area contributed by atoms with Crippen LogP contribution in [-0.4, -0.2) is 18.9 Å². The Morgan fingerprint density at radius 3 is 2.16 bits per heavy atom.